The van der Waals surface area contributed by atoms with Gasteiger partial charge in [0.05, 0.1) is 36.5 Å². The van der Waals surface area contributed by atoms with E-state index in [2.05, 4.69) is 10.3 Å². The average molecular weight is 532 g/mol. The molecular formula is C24H25N3O7S2. The van der Waals surface area contributed by atoms with E-state index in [4.69, 9.17) is 14.2 Å². The number of methoxy groups -OCH3 is 1. The number of esters is 1. The van der Waals surface area contributed by atoms with Crippen molar-refractivity contribution < 1.29 is 32.2 Å². The second-order valence-corrected chi connectivity index (χ2v) is 10.7. The largest absolute Gasteiger partial charge is 0.497 e. The van der Waals surface area contributed by atoms with E-state index < -0.39 is 28.5 Å². The zero-order valence-corrected chi connectivity index (χ0v) is 21.4. The first kappa shape index (κ1) is 25.8. The number of carbonyl (C=O) groups excluding carboxylic acids is 2. The Labute approximate surface area is 212 Å². The van der Waals surface area contributed by atoms with Gasteiger partial charge in [-0.05, 0) is 48.9 Å². The quantitative estimate of drug-likeness (QED) is 0.440. The fraction of sp³-hybridized carbons (Fsp3) is 0.292. The van der Waals surface area contributed by atoms with Crippen LogP contribution in [0.5, 0.6) is 5.75 Å². The molecule has 2 heterocycles. The number of rotatable bonds is 8. The Morgan fingerprint density at radius 1 is 1.14 bits per heavy atom. The lowest BCUT2D eigenvalue weighted by Gasteiger charge is -2.26. The molecule has 0 spiro atoms. The summed E-state index contributed by atoms with van der Waals surface area (Å²) in [6.45, 7) is 2.23. The topological polar surface area (TPSA) is 124 Å². The average Bonchev–Trinajstić information content (AvgIpc) is 3.36. The maximum Gasteiger partial charge on any atom is 0.338 e. The molecule has 1 aliphatic rings. The van der Waals surface area contributed by atoms with Crippen molar-refractivity contribution in [2.75, 3.05) is 45.3 Å². The molecule has 0 unspecified atom stereocenters. The number of thiazole rings is 1. The van der Waals surface area contributed by atoms with Crippen molar-refractivity contribution in [2.45, 2.75) is 11.8 Å². The minimum absolute atomic E-state index is 0.0251. The molecule has 4 rings (SSSR count). The summed E-state index contributed by atoms with van der Waals surface area (Å²) in [6.07, 6.45) is 0. The van der Waals surface area contributed by atoms with Gasteiger partial charge in [0.25, 0.3) is 5.91 Å². The monoisotopic (exact) mass is 531 g/mol. The molecule has 1 aromatic heterocycles. The Balaban J connectivity index is 1.36. The number of nitrogens with zero attached hydrogens (tertiary/aromatic N) is 2. The van der Waals surface area contributed by atoms with Crippen LogP contribution in [-0.2, 0) is 24.3 Å². The van der Waals surface area contributed by atoms with Gasteiger partial charge in [-0.2, -0.15) is 4.31 Å². The number of morpholine rings is 1. The lowest BCUT2D eigenvalue weighted by molar-refractivity contribution is -0.119. The third kappa shape index (κ3) is 5.90. The van der Waals surface area contributed by atoms with Crippen molar-refractivity contribution in [1.29, 1.82) is 0 Å². The standard InChI is InChI=1S/C24H25N3O7S2/c1-16-3-4-18(13-21(16)36(30,31)27-9-11-33-12-10-27)23(29)34-14-22(28)26-24-25-20(15-35-24)17-5-7-19(32-2)8-6-17/h3-8,13,15H,9-12,14H2,1-2H3,(H,25,26,28). The van der Waals surface area contributed by atoms with Crippen molar-refractivity contribution in [3.05, 3.63) is 59.0 Å². The number of sulfonamides is 1. The van der Waals surface area contributed by atoms with Gasteiger partial charge in [0.2, 0.25) is 10.0 Å². The summed E-state index contributed by atoms with van der Waals surface area (Å²) in [5, 5.41) is 4.76. The Morgan fingerprint density at radius 3 is 2.56 bits per heavy atom. The fourth-order valence-corrected chi connectivity index (χ4v) is 5.92. The van der Waals surface area contributed by atoms with E-state index in [-0.39, 0.29) is 23.5 Å². The molecule has 0 radical (unpaired) electrons. The molecule has 1 fully saturated rings. The minimum Gasteiger partial charge on any atom is -0.497 e. The first-order chi connectivity index (χ1) is 17.3. The van der Waals surface area contributed by atoms with Crippen molar-refractivity contribution in [2.24, 2.45) is 0 Å². The summed E-state index contributed by atoms with van der Waals surface area (Å²) in [4.78, 5) is 29.3. The molecule has 3 aromatic rings. The highest BCUT2D eigenvalue weighted by molar-refractivity contribution is 7.89. The predicted octanol–water partition coefficient (Wildman–Crippen LogP) is 2.94. The van der Waals surface area contributed by atoms with Crippen LogP contribution < -0.4 is 10.1 Å². The number of hydrogen-bond donors (Lipinski definition) is 1. The van der Waals surface area contributed by atoms with Crippen LogP contribution >= 0.6 is 11.3 Å². The number of carbonyl (C=O) groups is 2. The second kappa shape index (κ2) is 11.2. The summed E-state index contributed by atoms with van der Waals surface area (Å²) in [5.74, 6) is -0.641. The smallest absolute Gasteiger partial charge is 0.338 e. The van der Waals surface area contributed by atoms with Crippen LogP contribution in [0.2, 0.25) is 0 Å². The molecule has 1 amide bonds. The first-order valence-corrected chi connectivity index (χ1v) is 13.4. The van der Waals surface area contributed by atoms with Crippen LogP contribution in [0.3, 0.4) is 0 Å². The van der Waals surface area contributed by atoms with Crippen molar-refractivity contribution in [1.82, 2.24) is 9.29 Å². The number of benzene rings is 2. The number of aryl methyl sites for hydroxylation is 1. The Kier molecular flexibility index (Phi) is 7.99. The third-order valence-electron chi connectivity index (χ3n) is 5.48. The molecule has 12 heteroatoms. The molecule has 1 aliphatic heterocycles. The number of amides is 1. The highest BCUT2D eigenvalue weighted by atomic mass is 32.2. The fourth-order valence-electron chi connectivity index (χ4n) is 3.53. The van der Waals surface area contributed by atoms with Crippen LogP contribution in [0.25, 0.3) is 11.3 Å². The summed E-state index contributed by atoms with van der Waals surface area (Å²) < 4.78 is 42.9. The van der Waals surface area contributed by atoms with E-state index in [9.17, 15) is 18.0 Å². The number of ether oxygens (including phenoxy) is 3. The van der Waals surface area contributed by atoms with E-state index in [1.54, 1.807) is 25.5 Å². The number of anilines is 1. The van der Waals surface area contributed by atoms with E-state index in [1.807, 2.05) is 24.3 Å². The summed E-state index contributed by atoms with van der Waals surface area (Å²) in [5.41, 5.74) is 2.09. The number of nitrogens with one attached hydrogen (secondary N) is 1. The van der Waals surface area contributed by atoms with Gasteiger partial charge < -0.3 is 14.2 Å². The van der Waals surface area contributed by atoms with Crippen LogP contribution in [0, 0.1) is 6.92 Å². The SMILES string of the molecule is COc1ccc(-c2csc(NC(=O)COC(=O)c3ccc(C)c(S(=O)(=O)N4CCOCC4)c3)n2)cc1. The Bertz CT molecular complexity index is 1350. The summed E-state index contributed by atoms with van der Waals surface area (Å²) >= 11 is 1.24. The van der Waals surface area contributed by atoms with Crippen LogP contribution in [0.4, 0.5) is 5.13 Å². The van der Waals surface area contributed by atoms with Crippen LogP contribution in [0.15, 0.2) is 52.7 Å². The van der Waals surface area contributed by atoms with Crippen LogP contribution in [-0.4, -0.2) is 69.6 Å². The molecule has 10 nitrogen and oxygen atoms in total. The third-order valence-corrected chi connectivity index (χ3v) is 8.28. The van der Waals surface area contributed by atoms with E-state index >= 15 is 0 Å². The lowest BCUT2D eigenvalue weighted by atomic mass is 10.1. The maximum atomic E-state index is 13.0. The van der Waals surface area contributed by atoms with Gasteiger partial charge in [-0.3, -0.25) is 10.1 Å². The molecule has 0 aliphatic carbocycles. The van der Waals surface area contributed by atoms with Gasteiger partial charge in [-0.1, -0.05) is 6.07 Å². The van der Waals surface area contributed by atoms with Crippen molar-refractivity contribution in [3.8, 4) is 17.0 Å². The molecule has 0 atom stereocenters. The van der Waals surface area contributed by atoms with E-state index in [0.29, 0.717) is 29.6 Å². The Hall–Kier alpha value is -3.32. The van der Waals surface area contributed by atoms with Gasteiger partial charge in [0.15, 0.2) is 11.7 Å². The van der Waals surface area contributed by atoms with Gasteiger partial charge in [-0.25, -0.2) is 18.2 Å². The van der Waals surface area contributed by atoms with E-state index in [1.165, 1.54) is 27.8 Å². The van der Waals surface area contributed by atoms with Crippen molar-refractivity contribution >= 4 is 38.4 Å². The minimum atomic E-state index is -3.79. The zero-order valence-electron chi connectivity index (χ0n) is 19.7. The van der Waals surface area contributed by atoms with Gasteiger partial charge >= 0.3 is 5.97 Å². The molecule has 36 heavy (non-hydrogen) atoms. The highest BCUT2D eigenvalue weighted by Crippen LogP contribution is 2.26. The maximum absolute atomic E-state index is 13.0. The predicted molar refractivity (Wildman–Crippen MR) is 134 cm³/mol. The number of hydrogen-bond acceptors (Lipinski definition) is 9. The molecule has 0 bridgehead atoms. The van der Waals surface area contributed by atoms with Crippen LogP contribution in [0.1, 0.15) is 15.9 Å². The molecule has 2 aromatic carbocycles. The van der Waals surface area contributed by atoms with Gasteiger partial charge in [0, 0.05) is 24.0 Å². The summed E-state index contributed by atoms with van der Waals surface area (Å²) in [6, 6.07) is 11.6. The summed E-state index contributed by atoms with van der Waals surface area (Å²) in [7, 11) is -2.21. The molecule has 0 saturated carbocycles. The zero-order chi connectivity index (χ0) is 25.7. The van der Waals surface area contributed by atoms with Gasteiger partial charge in [-0.15, -0.1) is 11.3 Å². The Morgan fingerprint density at radius 2 is 1.86 bits per heavy atom. The normalized spacial score (nSPS) is 14.3. The van der Waals surface area contributed by atoms with Gasteiger partial charge in [0.1, 0.15) is 5.75 Å². The molecule has 1 saturated heterocycles. The van der Waals surface area contributed by atoms with E-state index in [0.717, 1.165) is 11.3 Å². The molecule has 190 valence electrons. The molecular weight excluding hydrogens is 506 g/mol. The molecule has 1 N–H and O–H groups in total. The lowest BCUT2D eigenvalue weighted by Crippen LogP contribution is -2.40. The number of aromatic nitrogens is 1. The highest BCUT2D eigenvalue weighted by Gasteiger charge is 2.28. The second-order valence-electron chi connectivity index (χ2n) is 7.89. The first-order valence-electron chi connectivity index (χ1n) is 11.0. The van der Waals surface area contributed by atoms with Crippen molar-refractivity contribution in [3.63, 3.8) is 0 Å².